The van der Waals surface area contributed by atoms with E-state index in [2.05, 4.69) is 25.8 Å². The number of fused-ring (bicyclic) bond motifs is 1. The number of rotatable bonds is 2. The van der Waals surface area contributed by atoms with Crippen LogP contribution < -0.4 is 0 Å². The Labute approximate surface area is 133 Å². The number of hydrogen-bond acceptors (Lipinski definition) is 2. The van der Waals surface area contributed by atoms with Gasteiger partial charge in [0, 0.05) is 11.8 Å². The molecule has 0 aliphatic rings. The van der Waals surface area contributed by atoms with Crippen LogP contribution in [-0.2, 0) is 5.41 Å². The molecule has 4 nitrogen and oxygen atoms in total. The molecule has 0 atom stereocenters. The Balaban J connectivity index is 2.19. The normalized spacial score (nSPS) is 11.8. The summed E-state index contributed by atoms with van der Waals surface area (Å²) in [5.74, 6) is -1.65. The van der Waals surface area contributed by atoms with Gasteiger partial charge in [0.2, 0.25) is 0 Å². The summed E-state index contributed by atoms with van der Waals surface area (Å²) in [5, 5.41) is 9.51. The predicted molar refractivity (Wildman–Crippen MR) is 86.2 cm³/mol. The quantitative estimate of drug-likeness (QED) is 0.774. The molecule has 118 valence electrons. The summed E-state index contributed by atoms with van der Waals surface area (Å²) in [4.78, 5) is 16.0. The average Bonchev–Trinajstić information content (AvgIpc) is 2.85. The minimum atomic E-state index is -1.14. The molecular formula is C18H17FN2O2. The van der Waals surface area contributed by atoms with Gasteiger partial charge in [-0.2, -0.15) is 0 Å². The number of carboxylic acid groups (broad SMARTS) is 1. The van der Waals surface area contributed by atoms with Crippen molar-refractivity contribution in [1.82, 2.24) is 9.38 Å². The summed E-state index contributed by atoms with van der Waals surface area (Å²) >= 11 is 0. The topological polar surface area (TPSA) is 54.6 Å². The second kappa shape index (κ2) is 5.19. The molecule has 0 radical (unpaired) electrons. The van der Waals surface area contributed by atoms with E-state index in [1.165, 1.54) is 16.5 Å². The number of benzene rings is 1. The summed E-state index contributed by atoms with van der Waals surface area (Å²) in [7, 11) is 0. The molecule has 0 unspecified atom stereocenters. The number of aromatic nitrogens is 2. The maximum absolute atomic E-state index is 13.4. The highest BCUT2D eigenvalue weighted by Crippen LogP contribution is 2.28. The molecule has 1 aromatic carbocycles. The zero-order chi connectivity index (χ0) is 16.8. The zero-order valence-corrected chi connectivity index (χ0v) is 13.2. The molecule has 2 heterocycles. The summed E-state index contributed by atoms with van der Waals surface area (Å²) in [5.41, 5.74) is 2.55. The van der Waals surface area contributed by atoms with Gasteiger partial charge in [-0.05, 0) is 23.1 Å². The van der Waals surface area contributed by atoms with Crippen LogP contribution in [0.15, 0.2) is 42.6 Å². The predicted octanol–water partition coefficient (Wildman–Crippen LogP) is 4.14. The van der Waals surface area contributed by atoms with E-state index in [-0.39, 0.29) is 11.1 Å². The van der Waals surface area contributed by atoms with E-state index in [1.807, 2.05) is 24.3 Å². The number of carbonyl (C=O) groups is 1. The number of pyridine rings is 1. The number of hydrogen-bond donors (Lipinski definition) is 1. The molecule has 2 aromatic heterocycles. The fourth-order valence-corrected chi connectivity index (χ4v) is 2.55. The highest BCUT2D eigenvalue weighted by molar-refractivity contribution is 5.94. The molecule has 0 aliphatic heterocycles. The Morgan fingerprint density at radius 2 is 1.78 bits per heavy atom. The van der Waals surface area contributed by atoms with Crippen molar-refractivity contribution < 1.29 is 14.3 Å². The van der Waals surface area contributed by atoms with Gasteiger partial charge >= 0.3 is 5.97 Å². The van der Waals surface area contributed by atoms with Crippen molar-refractivity contribution in [2.24, 2.45) is 0 Å². The van der Waals surface area contributed by atoms with Crippen LogP contribution in [0.25, 0.3) is 16.9 Å². The van der Waals surface area contributed by atoms with Crippen LogP contribution in [0.2, 0.25) is 0 Å². The number of aromatic carboxylic acids is 1. The largest absolute Gasteiger partial charge is 0.476 e. The van der Waals surface area contributed by atoms with E-state index in [9.17, 15) is 14.3 Å². The van der Waals surface area contributed by atoms with Crippen LogP contribution in [0, 0.1) is 5.82 Å². The Bertz CT molecular complexity index is 890. The molecule has 0 saturated heterocycles. The first-order valence-electron chi connectivity index (χ1n) is 7.29. The smallest absolute Gasteiger partial charge is 0.355 e. The lowest BCUT2D eigenvalue weighted by Crippen LogP contribution is -2.10. The van der Waals surface area contributed by atoms with Crippen molar-refractivity contribution >= 4 is 11.6 Å². The van der Waals surface area contributed by atoms with Gasteiger partial charge in [0.15, 0.2) is 5.69 Å². The monoisotopic (exact) mass is 312 g/mol. The van der Waals surface area contributed by atoms with Gasteiger partial charge in [-0.25, -0.2) is 14.2 Å². The Hall–Kier alpha value is -2.69. The Morgan fingerprint density at radius 3 is 2.35 bits per heavy atom. The molecule has 5 heteroatoms. The molecule has 0 bridgehead atoms. The third-order valence-electron chi connectivity index (χ3n) is 3.81. The van der Waals surface area contributed by atoms with Crippen LogP contribution >= 0.6 is 0 Å². The molecule has 0 aliphatic carbocycles. The minimum absolute atomic E-state index is 0.0101. The molecule has 3 aromatic rings. The number of carboxylic acids is 1. The van der Waals surface area contributed by atoms with Gasteiger partial charge in [0.1, 0.15) is 17.2 Å². The molecule has 0 amide bonds. The zero-order valence-electron chi connectivity index (χ0n) is 13.2. The Morgan fingerprint density at radius 1 is 1.13 bits per heavy atom. The van der Waals surface area contributed by atoms with Gasteiger partial charge in [0.05, 0.1) is 0 Å². The molecule has 23 heavy (non-hydrogen) atoms. The van der Waals surface area contributed by atoms with Gasteiger partial charge < -0.3 is 5.11 Å². The van der Waals surface area contributed by atoms with Crippen molar-refractivity contribution in [2.45, 2.75) is 26.2 Å². The van der Waals surface area contributed by atoms with E-state index in [0.717, 1.165) is 11.8 Å². The number of nitrogens with zero attached hydrogens (tertiary/aromatic N) is 2. The fourth-order valence-electron chi connectivity index (χ4n) is 2.55. The molecule has 0 saturated carbocycles. The van der Waals surface area contributed by atoms with Crippen molar-refractivity contribution in [3.63, 3.8) is 0 Å². The summed E-state index contributed by atoms with van der Waals surface area (Å²) in [6, 6.07) is 10.4. The van der Waals surface area contributed by atoms with Crippen LogP contribution in [0.3, 0.4) is 0 Å². The first kappa shape index (κ1) is 15.2. The van der Waals surface area contributed by atoms with Crippen molar-refractivity contribution in [1.29, 1.82) is 0 Å². The average molecular weight is 312 g/mol. The van der Waals surface area contributed by atoms with Crippen molar-refractivity contribution in [3.8, 4) is 11.3 Å². The first-order chi connectivity index (χ1) is 10.8. The summed E-state index contributed by atoms with van der Waals surface area (Å²) in [6.45, 7) is 6.33. The van der Waals surface area contributed by atoms with E-state index in [1.54, 1.807) is 0 Å². The van der Waals surface area contributed by atoms with E-state index in [0.29, 0.717) is 16.9 Å². The van der Waals surface area contributed by atoms with Crippen molar-refractivity contribution in [2.75, 3.05) is 0 Å². The minimum Gasteiger partial charge on any atom is -0.476 e. The lowest BCUT2D eigenvalue weighted by atomic mass is 9.86. The summed E-state index contributed by atoms with van der Waals surface area (Å²) < 4.78 is 14.7. The third-order valence-corrected chi connectivity index (χ3v) is 3.81. The van der Waals surface area contributed by atoms with Crippen molar-refractivity contribution in [3.05, 3.63) is 59.7 Å². The lowest BCUT2D eigenvalue weighted by molar-refractivity contribution is 0.0690. The highest BCUT2D eigenvalue weighted by Gasteiger charge is 2.21. The van der Waals surface area contributed by atoms with E-state index in [4.69, 9.17) is 0 Å². The fraction of sp³-hybridized carbons (Fsp3) is 0.222. The van der Waals surface area contributed by atoms with Crippen LogP contribution in [0.5, 0.6) is 0 Å². The molecule has 0 spiro atoms. The second-order valence-electron chi connectivity index (χ2n) is 6.52. The molecule has 3 rings (SSSR count). The second-order valence-corrected chi connectivity index (χ2v) is 6.52. The van der Waals surface area contributed by atoms with Gasteiger partial charge in [-0.1, -0.05) is 45.0 Å². The van der Waals surface area contributed by atoms with E-state index >= 15 is 0 Å². The van der Waals surface area contributed by atoms with Gasteiger partial charge in [0.25, 0.3) is 0 Å². The number of imidazole rings is 1. The SMILES string of the molecule is CC(C)(C)c1ccc(-c2nc3ccc(F)cn3c2C(=O)O)cc1. The van der Waals surface area contributed by atoms with Crippen LogP contribution in [0.4, 0.5) is 4.39 Å². The maximum atomic E-state index is 13.4. The maximum Gasteiger partial charge on any atom is 0.355 e. The third kappa shape index (κ3) is 2.70. The van der Waals surface area contributed by atoms with Crippen LogP contribution in [0.1, 0.15) is 36.8 Å². The van der Waals surface area contributed by atoms with Gasteiger partial charge in [-0.3, -0.25) is 4.40 Å². The molecule has 1 N–H and O–H groups in total. The van der Waals surface area contributed by atoms with Crippen LogP contribution in [-0.4, -0.2) is 20.5 Å². The molecule has 0 fully saturated rings. The van der Waals surface area contributed by atoms with Gasteiger partial charge in [-0.15, -0.1) is 0 Å². The highest BCUT2D eigenvalue weighted by atomic mass is 19.1. The first-order valence-corrected chi connectivity index (χ1v) is 7.29. The summed E-state index contributed by atoms with van der Waals surface area (Å²) in [6.07, 6.45) is 1.14. The molecular weight excluding hydrogens is 295 g/mol. The lowest BCUT2D eigenvalue weighted by Gasteiger charge is -2.19. The number of halogens is 1. The standard InChI is InChI=1S/C18H17FN2O2/c1-18(2,3)12-6-4-11(5-7-12)15-16(17(22)23)21-10-13(19)8-9-14(21)20-15/h4-10H,1-3H3,(H,22,23). The Kier molecular flexibility index (Phi) is 3.43. The van der Waals surface area contributed by atoms with E-state index < -0.39 is 11.8 Å².